The number of para-hydroxylation sites is 1. The van der Waals surface area contributed by atoms with Gasteiger partial charge in [-0.3, -0.25) is 14.5 Å². The molecule has 4 aromatic rings. The number of nitrogens with zero attached hydrogens (tertiary/aromatic N) is 3. The van der Waals surface area contributed by atoms with Crippen molar-refractivity contribution in [3.8, 4) is 5.75 Å². The summed E-state index contributed by atoms with van der Waals surface area (Å²) >= 11 is 1.34. The SMILES string of the molecule is CCc1nnc(N2C(=O)c3oc4ccccc4c(=O)c3C2c2ccc(OC)cc2)s1. The Labute approximate surface area is 175 Å². The summed E-state index contributed by atoms with van der Waals surface area (Å²) in [7, 11) is 1.59. The Balaban J connectivity index is 1.77. The van der Waals surface area contributed by atoms with Gasteiger partial charge in [-0.25, -0.2) is 0 Å². The van der Waals surface area contributed by atoms with Crippen LogP contribution in [0, 0.1) is 0 Å². The Morgan fingerprint density at radius 3 is 2.57 bits per heavy atom. The number of benzene rings is 2. The number of rotatable bonds is 4. The molecule has 5 rings (SSSR count). The van der Waals surface area contributed by atoms with Gasteiger partial charge < -0.3 is 9.15 Å². The second-order valence-electron chi connectivity index (χ2n) is 6.85. The van der Waals surface area contributed by atoms with Crippen LogP contribution in [0.3, 0.4) is 0 Å². The predicted molar refractivity (Wildman–Crippen MR) is 113 cm³/mol. The fourth-order valence-electron chi connectivity index (χ4n) is 3.70. The minimum atomic E-state index is -0.656. The molecule has 1 aliphatic rings. The number of hydrogen-bond acceptors (Lipinski definition) is 7. The number of aryl methyl sites for hydroxylation is 1. The first-order valence-corrected chi connectivity index (χ1v) is 10.3. The summed E-state index contributed by atoms with van der Waals surface area (Å²) in [4.78, 5) is 28.3. The van der Waals surface area contributed by atoms with E-state index >= 15 is 0 Å². The molecule has 1 amide bonds. The van der Waals surface area contributed by atoms with Crippen molar-refractivity contribution in [1.29, 1.82) is 0 Å². The molecule has 0 radical (unpaired) electrons. The highest BCUT2D eigenvalue weighted by Gasteiger charge is 2.45. The fraction of sp³-hybridized carbons (Fsp3) is 0.182. The lowest BCUT2D eigenvalue weighted by atomic mass is 9.98. The van der Waals surface area contributed by atoms with Gasteiger partial charge in [0, 0.05) is 0 Å². The van der Waals surface area contributed by atoms with Gasteiger partial charge in [-0.2, -0.15) is 0 Å². The topological polar surface area (TPSA) is 85.5 Å². The van der Waals surface area contributed by atoms with Crippen molar-refractivity contribution in [2.45, 2.75) is 19.4 Å². The largest absolute Gasteiger partial charge is 0.497 e. The molecular formula is C22H17N3O4S. The molecule has 0 N–H and O–H groups in total. The van der Waals surface area contributed by atoms with E-state index in [-0.39, 0.29) is 11.2 Å². The van der Waals surface area contributed by atoms with Gasteiger partial charge in [-0.15, -0.1) is 10.2 Å². The van der Waals surface area contributed by atoms with E-state index in [0.29, 0.717) is 33.8 Å². The molecule has 1 atom stereocenters. The first kappa shape index (κ1) is 18.5. The van der Waals surface area contributed by atoms with E-state index in [9.17, 15) is 9.59 Å². The van der Waals surface area contributed by atoms with Crippen molar-refractivity contribution >= 4 is 33.3 Å². The van der Waals surface area contributed by atoms with Crippen molar-refractivity contribution < 1.29 is 13.9 Å². The van der Waals surface area contributed by atoms with E-state index in [1.165, 1.54) is 16.2 Å². The van der Waals surface area contributed by atoms with Crippen LogP contribution in [0.25, 0.3) is 11.0 Å². The zero-order valence-electron chi connectivity index (χ0n) is 16.3. The Bertz CT molecular complexity index is 1330. The number of amides is 1. The van der Waals surface area contributed by atoms with Gasteiger partial charge in [-0.1, -0.05) is 42.5 Å². The van der Waals surface area contributed by atoms with Crippen LogP contribution in [0.15, 0.2) is 57.7 Å². The summed E-state index contributed by atoms with van der Waals surface area (Å²) in [6, 6.07) is 13.6. The quantitative estimate of drug-likeness (QED) is 0.498. The van der Waals surface area contributed by atoms with Crippen molar-refractivity contribution in [3.05, 3.63) is 80.6 Å². The van der Waals surface area contributed by atoms with E-state index in [0.717, 1.165) is 10.6 Å². The summed E-state index contributed by atoms with van der Waals surface area (Å²) in [5, 5.41) is 10.1. The molecule has 1 unspecified atom stereocenters. The van der Waals surface area contributed by atoms with Crippen LogP contribution in [0.1, 0.15) is 39.7 Å². The molecule has 150 valence electrons. The zero-order chi connectivity index (χ0) is 20.8. The summed E-state index contributed by atoms with van der Waals surface area (Å²) in [5.74, 6) is 0.338. The van der Waals surface area contributed by atoms with Crippen LogP contribution in [-0.2, 0) is 6.42 Å². The van der Waals surface area contributed by atoms with Crippen LogP contribution in [0.5, 0.6) is 5.75 Å². The molecular weight excluding hydrogens is 402 g/mol. The fourth-order valence-corrected chi connectivity index (χ4v) is 4.51. The second kappa shape index (κ2) is 7.07. The van der Waals surface area contributed by atoms with Crippen molar-refractivity contribution in [1.82, 2.24) is 10.2 Å². The lowest BCUT2D eigenvalue weighted by Crippen LogP contribution is -2.29. The maximum atomic E-state index is 13.4. The third-order valence-electron chi connectivity index (χ3n) is 5.17. The number of carbonyl (C=O) groups excluding carboxylic acids is 1. The van der Waals surface area contributed by atoms with Gasteiger partial charge >= 0.3 is 0 Å². The van der Waals surface area contributed by atoms with E-state index in [4.69, 9.17) is 9.15 Å². The lowest BCUT2D eigenvalue weighted by molar-refractivity contribution is 0.0970. The number of hydrogen-bond donors (Lipinski definition) is 0. The zero-order valence-corrected chi connectivity index (χ0v) is 17.1. The van der Waals surface area contributed by atoms with Crippen LogP contribution < -0.4 is 15.1 Å². The van der Waals surface area contributed by atoms with Crippen molar-refractivity contribution in [2.75, 3.05) is 12.0 Å². The van der Waals surface area contributed by atoms with Gasteiger partial charge in [0.25, 0.3) is 5.91 Å². The first-order chi connectivity index (χ1) is 14.6. The maximum Gasteiger partial charge on any atom is 0.297 e. The molecule has 1 aliphatic heterocycles. The molecule has 0 saturated carbocycles. The third-order valence-corrected chi connectivity index (χ3v) is 6.24. The van der Waals surface area contributed by atoms with E-state index in [2.05, 4.69) is 10.2 Å². The van der Waals surface area contributed by atoms with Gasteiger partial charge in [0.15, 0.2) is 5.43 Å². The average Bonchev–Trinajstić information content (AvgIpc) is 3.37. The van der Waals surface area contributed by atoms with Gasteiger partial charge in [0.2, 0.25) is 10.9 Å². The molecule has 0 spiro atoms. The van der Waals surface area contributed by atoms with Crippen LogP contribution in [-0.4, -0.2) is 23.2 Å². The Morgan fingerprint density at radius 2 is 1.87 bits per heavy atom. The van der Waals surface area contributed by atoms with E-state index < -0.39 is 11.9 Å². The molecule has 30 heavy (non-hydrogen) atoms. The smallest absolute Gasteiger partial charge is 0.297 e. The highest BCUT2D eigenvalue weighted by Crippen LogP contribution is 2.42. The van der Waals surface area contributed by atoms with E-state index in [1.807, 2.05) is 19.1 Å². The predicted octanol–water partition coefficient (Wildman–Crippen LogP) is 3.97. The minimum absolute atomic E-state index is 0.0489. The van der Waals surface area contributed by atoms with Crippen LogP contribution in [0.4, 0.5) is 5.13 Å². The van der Waals surface area contributed by atoms with E-state index in [1.54, 1.807) is 43.5 Å². The molecule has 7 nitrogen and oxygen atoms in total. The third kappa shape index (κ3) is 2.72. The summed E-state index contributed by atoms with van der Waals surface area (Å²) < 4.78 is 11.2. The lowest BCUT2D eigenvalue weighted by Gasteiger charge is -2.22. The summed E-state index contributed by atoms with van der Waals surface area (Å²) in [6.45, 7) is 1.98. The average molecular weight is 419 g/mol. The molecule has 0 fully saturated rings. The number of ether oxygens (including phenoxy) is 1. The Hall–Kier alpha value is -3.52. The molecule has 0 saturated heterocycles. The molecule has 2 aromatic heterocycles. The van der Waals surface area contributed by atoms with Crippen molar-refractivity contribution in [3.63, 3.8) is 0 Å². The van der Waals surface area contributed by atoms with Gasteiger partial charge in [0.1, 0.15) is 16.3 Å². The Morgan fingerprint density at radius 1 is 1.10 bits per heavy atom. The van der Waals surface area contributed by atoms with Gasteiger partial charge in [0.05, 0.1) is 24.1 Å². The molecule has 2 aromatic carbocycles. The van der Waals surface area contributed by atoms with Crippen molar-refractivity contribution in [2.24, 2.45) is 0 Å². The number of anilines is 1. The number of methoxy groups -OCH3 is 1. The van der Waals surface area contributed by atoms with Gasteiger partial charge in [-0.05, 0) is 36.2 Å². The summed E-state index contributed by atoms with van der Waals surface area (Å²) in [6.07, 6.45) is 0.709. The molecule has 8 heteroatoms. The minimum Gasteiger partial charge on any atom is -0.497 e. The highest BCUT2D eigenvalue weighted by molar-refractivity contribution is 7.15. The monoisotopic (exact) mass is 419 g/mol. The first-order valence-electron chi connectivity index (χ1n) is 9.48. The number of aromatic nitrogens is 2. The normalized spacial score (nSPS) is 15.6. The maximum absolute atomic E-state index is 13.4. The molecule has 3 heterocycles. The number of fused-ring (bicyclic) bond motifs is 2. The number of carbonyl (C=O) groups is 1. The standard InChI is InChI=1S/C22H17N3O4S/c1-3-16-23-24-22(30-16)25-18(12-8-10-13(28-2)11-9-12)17-19(26)14-6-4-5-7-15(14)29-20(17)21(25)27/h4-11,18H,3H2,1-2H3. The van der Waals surface area contributed by atoms with Crippen LogP contribution in [0.2, 0.25) is 0 Å². The highest BCUT2D eigenvalue weighted by atomic mass is 32.1. The molecule has 0 bridgehead atoms. The molecule has 0 aliphatic carbocycles. The Kier molecular flexibility index (Phi) is 4.36. The second-order valence-corrected chi connectivity index (χ2v) is 7.89. The summed E-state index contributed by atoms with van der Waals surface area (Å²) in [5.41, 5.74) is 1.25. The van der Waals surface area contributed by atoms with Crippen LogP contribution >= 0.6 is 11.3 Å².